The maximum atomic E-state index is 13.9. The average Bonchev–Trinajstić information content (AvgIpc) is 2.98. The Kier molecular flexibility index (Phi) is 21.0. The van der Waals surface area contributed by atoms with Crippen molar-refractivity contribution in [2.75, 3.05) is 11.5 Å². The zero-order chi connectivity index (χ0) is 29.8. The Balaban J connectivity index is 2.24. The van der Waals surface area contributed by atoms with Gasteiger partial charge in [0.25, 0.3) is 0 Å². The SMILES string of the molecule is CCCCCCC[CH2][Sn]([CH2]CCCCCCC)([O]C(=O)C(CS)C1CCCCC1)[O]C(=O)C(CS)C1CCCCC1. The van der Waals surface area contributed by atoms with E-state index in [-0.39, 0.29) is 23.8 Å². The Hall–Kier alpha value is 0.439. The van der Waals surface area contributed by atoms with Crippen LogP contribution in [0.1, 0.15) is 155 Å². The fourth-order valence-corrected chi connectivity index (χ4v) is 17.5. The summed E-state index contributed by atoms with van der Waals surface area (Å²) in [4.78, 5) is 27.9. The van der Waals surface area contributed by atoms with Gasteiger partial charge < -0.3 is 0 Å². The number of carbonyl (C=O) groups excluding carboxylic acids is 2. The topological polar surface area (TPSA) is 52.6 Å². The Bertz CT molecular complexity index is 636. The summed E-state index contributed by atoms with van der Waals surface area (Å²) in [6.07, 6.45) is 25.8. The first-order chi connectivity index (χ1) is 20.0. The average molecular weight is 720 g/mol. The van der Waals surface area contributed by atoms with Gasteiger partial charge in [-0.15, -0.1) is 0 Å². The van der Waals surface area contributed by atoms with E-state index in [2.05, 4.69) is 39.1 Å². The molecule has 0 aromatic rings. The van der Waals surface area contributed by atoms with Gasteiger partial charge in [0.05, 0.1) is 0 Å². The van der Waals surface area contributed by atoms with Gasteiger partial charge in [-0.25, -0.2) is 0 Å². The minimum absolute atomic E-state index is 0.104. The van der Waals surface area contributed by atoms with Crippen molar-refractivity contribution in [3.05, 3.63) is 0 Å². The number of rotatable bonds is 22. The van der Waals surface area contributed by atoms with Crippen molar-refractivity contribution >= 4 is 56.4 Å². The molecule has 2 unspecified atom stereocenters. The minimum atomic E-state index is -4.10. The molecule has 2 fully saturated rings. The van der Waals surface area contributed by atoms with Gasteiger partial charge in [0.2, 0.25) is 0 Å². The molecule has 41 heavy (non-hydrogen) atoms. The Morgan fingerprint density at radius 3 is 1.27 bits per heavy atom. The second-order valence-corrected chi connectivity index (χ2v) is 23.1. The van der Waals surface area contributed by atoms with Gasteiger partial charge in [0, 0.05) is 0 Å². The molecular formula is C34H64O4S2Sn. The zero-order valence-electron chi connectivity index (χ0n) is 26.7. The van der Waals surface area contributed by atoms with Crippen LogP contribution >= 0.6 is 25.3 Å². The predicted molar refractivity (Wildman–Crippen MR) is 182 cm³/mol. The van der Waals surface area contributed by atoms with Gasteiger partial charge in [0.15, 0.2) is 0 Å². The zero-order valence-corrected chi connectivity index (χ0v) is 31.4. The van der Waals surface area contributed by atoms with Crippen LogP contribution in [0.4, 0.5) is 0 Å². The van der Waals surface area contributed by atoms with Crippen LogP contribution in [0, 0.1) is 23.7 Å². The molecule has 2 rings (SSSR count). The number of hydrogen-bond donors (Lipinski definition) is 2. The number of thiol groups is 2. The molecule has 0 amide bonds. The third-order valence-corrected chi connectivity index (χ3v) is 20.3. The summed E-state index contributed by atoms with van der Waals surface area (Å²) in [5.41, 5.74) is 0. The molecule has 0 saturated heterocycles. The molecule has 2 saturated carbocycles. The van der Waals surface area contributed by atoms with Crippen LogP contribution < -0.4 is 0 Å². The number of hydrogen-bond acceptors (Lipinski definition) is 6. The van der Waals surface area contributed by atoms with Crippen molar-refractivity contribution in [3.8, 4) is 0 Å². The van der Waals surface area contributed by atoms with Crippen molar-refractivity contribution < 1.29 is 15.7 Å². The summed E-state index contributed by atoms with van der Waals surface area (Å²) in [5.74, 6) is 1.18. The normalized spacial score (nSPS) is 18.6. The fraction of sp³-hybridized carbons (Fsp3) is 0.941. The summed E-state index contributed by atoms with van der Waals surface area (Å²) in [6, 6.07) is 0. The summed E-state index contributed by atoms with van der Waals surface area (Å²) < 4.78 is 15.0. The van der Waals surface area contributed by atoms with Gasteiger partial charge in [-0.1, -0.05) is 0 Å². The van der Waals surface area contributed by atoms with Crippen molar-refractivity contribution in [2.24, 2.45) is 23.7 Å². The molecule has 2 aliphatic carbocycles. The first kappa shape index (κ1) is 37.6. The van der Waals surface area contributed by atoms with Gasteiger partial charge in [-0.05, 0) is 0 Å². The van der Waals surface area contributed by atoms with E-state index in [1.807, 2.05) is 0 Å². The molecule has 0 aliphatic heterocycles. The van der Waals surface area contributed by atoms with Crippen LogP contribution in [0.25, 0.3) is 0 Å². The van der Waals surface area contributed by atoms with Crippen molar-refractivity contribution in [1.82, 2.24) is 0 Å². The molecule has 0 heterocycles. The Labute approximate surface area is 269 Å². The molecule has 0 bridgehead atoms. The van der Waals surface area contributed by atoms with E-state index in [0.717, 1.165) is 60.2 Å². The van der Waals surface area contributed by atoms with E-state index >= 15 is 0 Å². The number of unbranched alkanes of at least 4 members (excludes halogenated alkanes) is 10. The van der Waals surface area contributed by atoms with Crippen LogP contribution in [0.5, 0.6) is 0 Å². The van der Waals surface area contributed by atoms with Crippen molar-refractivity contribution in [2.45, 2.75) is 164 Å². The molecule has 0 aromatic heterocycles. The quantitative estimate of drug-likeness (QED) is 0.0665. The van der Waals surface area contributed by atoms with Crippen molar-refractivity contribution in [1.29, 1.82) is 0 Å². The van der Waals surface area contributed by atoms with Gasteiger partial charge in [0.1, 0.15) is 0 Å². The van der Waals surface area contributed by atoms with Gasteiger partial charge >= 0.3 is 271 Å². The molecule has 2 aliphatic rings. The van der Waals surface area contributed by atoms with Gasteiger partial charge in [-0.3, -0.25) is 0 Å². The summed E-state index contributed by atoms with van der Waals surface area (Å²) in [7, 11) is 0. The third kappa shape index (κ3) is 14.4. The second-order valence-electron chi connectivity index (χ2n) is 13.2. The Morgan fingerprint density at radius 2 is 0.927 bits per heavy atom. The van der Waals surface area contributed by atoms with E-state index in [9.17, 15) is 9.59 Å². The van der Waals surface area contributed by atoms with Crippen LogP contribution in [0.3, 0.4) is 0 Å². The van der Waals surface area contributed by atoms with E-state index in [1.54, 1.807) is 0 Å². The van der Waals surface area contributed by atoms with Crippen LogP contribution in [-0.2, 0) is 15.7 Å². The molecular weight excluding hydrogens is 655 g/mol. The van der Waals surface area contributed by atoms with Crippen LogP contribution in [0.15, 0.2) is 0 Å². The maximum absolute atomic E-state index is 13.9. The fourth-order valence-electron chi connectivity index (χ4n) is 7.12. The van der Waals surface area contributed by atoms with Crippen molar-refractivity contribution in [3.63, 3.8) is 0 Å². The molecule has 4 nitrogen and oxygen atoms in total. The number of carbonyl (C=O) groups is 2. The molecule has 0 radical (unpaired) electrons. The molecule has 2 atom stereocenters. The molecule has 0 spiro atoms. The Morgan fingerprint density at radius 1 is 0.585 bits per heavy atom. The molecule has 0 N–H and O–H groups in total. The third-order valence-electron chi connectivity index (χ3n) is 9.83. The molecule has 7 heteroatoms. The summed E-state index contributed by atoms with van der Waals surface area (Å²) in [6.45, 7) is 4.49. The first-order valence-corrected chi connectivity index (χ1v) is 25.3. The first-order valence-electron chi connectivity index (χ1n) is 17.7. The monoisotopic (exact) mass is 720 g/mol. The van der Waals surface area contributed by atoms with E-state index < -0.39 is 19.2 Å². The standard InChI is InChI=1S/2C9H16O2S.2C8H17.Sn/c2*10-9(11)8(6-12)7-4-2-1-3-5-7;2*1-3-5-7-8-6-4-2;/h2*7-8,12H,1-6H2,(H,10,11);2*1,3-8H2,2H3;/q;;;;+2/p-2. The van der Waals surface area contributed by atoms with Gasteiger partial charge in [-0.2, -0.15) is 0 Å². The van der Waals surface area contributed by atoms with E-state index in [0.29, 0.717) is 23.3 Å². The second kappa shape index (κ2) is 22.9. The summed E-state index contributed by atoms with van der Waals surface area (Å²) in [5, 5.41) is 0. The van der Waals surface area contributed by atoms with E-state index in [4.69, 9.17) is 6.15 Å². The van der Waals surface area contributed by atoms with Crippen LogP contribution in [0.2, 0.25) is 8.87 Å². The summed E-state index contributed by atoms with van der Waals surface area (Å²) >= 11 is 5.18. The van der Waals surface area contributed by atoms with Crippen LogP contribution in [-0.4, -0.2) is 42.6 Å². The molecule has 0 aromatic carbocycles. The molecule has 240 valence electrons. The predicted octanol–water partition coefficient (Wildman–Crippen LogP) is 10.5. The van der Waals surface area contributed by atoms with E-state index in [1.165, 1.54) is 89.9 Å².